The van der Waals surface area contributed by atoms with Gasteiger partial charge in [-0.25, -0.2) is 0 Å². The van der Waals surface area contributed by atoms with Gasteiger partial charge in [0.15, 0.2) is 0 Å². The van der Waals surface area contributed by atoms with Crippen LogP contribution in [0, 0.1) is 6.92 Å². The van der Waals surface area contributed by atoms with Gasteiger partial charge in [0.1, 0.15) is 6.79 Å². The number of aryl methyl sites for hydroxylation is 1. The van der Waals surface area contributed by atoms with Crippen LogP contribution in [0.2, 0.25) is 0 Å². The van der Waals surface area contributed by atoms with Crippen molar-refractivity contribution in [2.24, 2.45) is 0 Å². The number of rotatable bonds is 3. The van der Waals surface area contributed by atoms with Gasteiger partial charge in [-0.05, 0) is 6.07 Å². The molecular formula is C8H12NO3+. The van der Waals surface area contributed by atoms with Gasteiger partial charge >= 0.3 is 0 Å². The van der Waals surface area contributed by atoms with Crippen molar-refractivity contribution in [1.29, 1.82) is 0 Å². The normalized spacial score (nSPS) is 10.2. The summed E-state index contributed by atoms with van der Waals surface area (Å²) >= 11 is 0. The molecule has 66 valence electrons. The van der Waals surface area contributed by atoms with Crippen molar-refractivity contribution in [3.8, 4) is 0 Å². The molecular weight excluding hydrogens is 158 g/mol. The number of hydrogen-bond acceptors (Lipinski definition) is 3. The van der Waals surface area contributed by atoms with Gasteiger partial charge < -0.3 is 9.84 Å². The van der Waals surface area contributed by atoms with E-state index in [2.05, 4.69) is 0 Å². The zero-order valence-electron chi connectivity index (χ0n) is 6.90. The summed E-state index contributed by atoms with van der Waals surface area (Å²) < 4.78 is 5.77. The molecule has 0 aliphatic carbocycles. The van der Waals surface area contributed by atoms with Crippen LogP contribution in [-0.4, -0.2) is 17.1 Å². The van der Waals surface area contributed by atoms with Gasteiger partial charge in [-0.1, -0.05) is 0 Å². The first kappa shape index (κ1) is 8.96. The van der Waals surface area contributed by atoms with E-state index in [-0.39, 0.29) is 6.79 Å². The predicted molar refractivity (Wildman–Crippen MR) is 40.4 cm³/mol. The van der Waals surface area contributed by atoms with Crippen molar-refractivity contribution in [1.82, 2.24) is 0 Å². The smallest absolute Gasteiger partial charge is 0.231 e. The van der Waals surface area contributed by atoms with Gasteiger partial charge in [0.25, 0.3) is 0 Å². The zero-order chi connectivity index (χ0) is 8.97. The molecule has 0 amide bonds. The number of aliphatic hydroxyl groups is 1. The molecule has 1 heterocycles. The molecule has 1 aromatic heterocycles. The van der Waals surface area contributed by atoms with E-state index >= 15 is 0 Å². The molecule has 0 spiro atoms. The summed E-state index contributed by atoms with van der Waals surface area (Å²) in [5.41, 5.74) is 1.57. The van der Waals surface area contributed by atoms with Gasteiger partial charge in [-0.15, -0.1) is 0 Å². The quantitative estimate of drug-likeness (QED) is 0.381. The van der Waals surface area contributed by atoms with Crippen LogP contribution in [0.4, 0.5) is 0 Å². The molecule has 0 bridgehead atoms. The van der Waals surface area contributed by atoms with E-state index in [1.807, 2.05) is 6.07 Å². The molecule has 0 aromatic carbocycles. The van der Waals surface area contributed by atoms with Crippen molar-refractivity contribution in [3.05, 3.63) is 29.6 Å². The molecule has 0 fully saturated rings. The Morgan fingerprint density at radius 2 is 2.25 bits per heavy atom. The van der Waals surface area contributed by atoms with E-state index in [9.17, 15) is 5.21 Å². The molecule has 0 aliphatic heterocycles. The lowest BCUT2D eigenvalue weighted by molar-refractivity contribution is -0.909. The monoisotopic (exact) mass is 170 g/mol. The Bertz CT molecular complexity index is 262. The molecule has 0 saturated heterocycles. The van der Waals surface area contributed by atoms with Crippen molar-refractivity contribution in [2.75, 3.05) is 6.79 Å². The maximum atomic E-state index is 9.20. The number of pyridine rings is 1. The Morgan fingerprint density at radius 3 is 2.83 bits per heavy atom. The van der Waals surface area contributed by atoms with Crippen molar-refractivity contribution < 1.29 is 19.8 Å². The van der Waals surface area contributed by atoms with Crippen LogP contribution in [0.1, 0.15) is 11.3 Å². The number of nitrogens with zero attached hydrogens (tertiary/aromatic N) is 1. The summed E-state index contributed by atoms with van der Waals surface area (Å²) in [6, 6.07) is 3.60. The molecule has 4 heteroatoms. The van der Waals surface area contributed by atoms with E-state index in [0.717, 1.165) is 16.0 Å². The maximum absolute atomic E-state index is 9.20. The highest BCUT2D eigenvalue weighted by molar-refractivity contribution is 5.07. The van der Waals surface area contributed by atoms with Crippen LogP contribution < -0.4 is 4.73 Å². The Labute approximate surface area is 70.6 Å². The van der Waals surface area contributed by atoms with Gasteiger partial charge in [0.05, 0.1) is 6.61 Å². The topological polar surface area (TPSA) is 53.6 Å². The molecule has 4 nitrogen and oxygen atoms in total. The van der Waals surface area contributed by atoms with E-state index in [4.69, 9.17) is 9.84 Å². The van der Waals surface area contributed by atoms with Gasteiger partial charge in [-0.2, -0.15) is 0 Å². The molecule has 0 aliphatic rings. The maximum Gasteiger partial charge on any atom is 0.231 e. The minimum atomic E-state index is -0.306. The molecule has 1 aromatic rings. The lowest BCUT2D eigenvalue weighted by Gasteiger charge is -1.98. The van der Waals surface area contributed by atoms with E-state index in [0.29, 0.717) is 6.61 Å². The number of aliphatic hydroxyl groups excluding tert-OH is 1. The fourth-order valence-corrected chi connectivity index (χ4v) is 0.855. The molecule has 12 heavy (non-hydrogen) atoms. The highest BCUT2D eigenvalue weighted by Gasteiger charge is 2.05. The summed E-state index contributed by atoms with van der Waals surface area (Å²) in [4.78, 5) is 0. The minimum Gasteiger partial charge on any atom is -0.371 e. The number of hydrogen-bond donors (Lipinski definition) is 2. The van der Waals surface area contributed by atoms with Gasteiger partial charge in [-0.3, -0.25) is 5.21 Å². The van der Waals surface area contributed by atoms with E-state index in [1.54, 1.807) is 19.2 Å². The lowest BCUT2D eigenvalue weighted by Crippen LogP contribution is -2.33. The Morgan fingerprint density at radius 1 is 1.50 bits per heavy atom. The van der Waals surface area contributed by atoms with Crippen LogP contribution in [-0.2, 0) is 11.3 Å². The first-order valence-electron chi connectivity index (χ1n) is 3.63. The van der Waals surface area contributed by atoms with Crippen LogP contribution in [0.5, 0.6) is 0 Å². The van der Waals surface area contributed by atoms with Crippen LogP contribution in [0.3, 0.4) is 0 Å². The molecule has 0 unspecified atom stereocenters. The second-order valence-electron chi connectivity index (χ2n) is 2.50. The van der Waals surface area contributed by atoms with Crippen molar-refractivity contribution in [3.63, 3.8) is 0 Å². The van der Waals surface area contributed by atoms with E-state index < -0.39 is 0 Å². The molecule has 0 saturated carbocycles. The third-order valence-corrected chi connectivity index (χ3v) is 1.55. The molecule has 0 atom stereocenters. The highest BCUT2D eigenvalue weighted by Crippen LogP contribution is 1.98. The van der Waals surface area contributed by atoms with Gasteiger partial charge in [0, 0.05) is 23.3 Å². The van der Waals surface area contributed by atoms with Crippen LogP contribution in [0.15, 0.2) is 18.3 Å². The SMILES string of the molecule is Cc1ccc(COCO)c[n+]1O. The summed E-state index contributed by atoms with van der Waals surface area (Å²) in [6.07, 6.45) is 1.55. The third-order valence-electron chi connectivity index (χ3n) is 1.55. The predicted octanol–water partition coefficient (Wildman–Crippen LogP) is -0.0138. The van der Waals surface area contributed by atoms with Crippen LogP contribution >= 0.6 is 0 Å². The van der Waals surface area contributed by atoms with Crippen LogP contribution in [0.25, 0.3) is 0 Å². The van der Waals surface area contributed by atoms with Gasteiger partial charge in [0.2, 0.25) is 11.9 Å². The average molecular weight is 170 g/mol. The largest absolute Gasteiger partial charge is 0.371 e. The second-order valence-corrected chi connectivity index (χ2v) is 2.50. The number of aromatic nitrogens is 1. The summed E-state index contributed by atoms with van der Waals surface area (Å²) in [7, 11) is 0. The van der Waals surface area contributed by atoms with Crippen molar-refractivity contribution >= 4 is 0 Å². The van der Waals surface area contributed by atoms with E-state index in [1.165, 1.54) is 0 Å². The fourth-order valence-electron chi connectivity index (χ4n) is 0.855. The van der Waals surface area contributed by atoms with Crippen molar-refractivity contribution in [2.45, 2.75) is 13.5 Å². The minimum absolute atomic E-state index is 0.303. The Kier molecular flexibility index (Phi) is 3.01. The third kappa shape index (κ3) is 2.18. The first-order valence-corrected chi connectivity index (χ1v) is 3.63. The molecule has 0 radical (unpaired) electrons. The second kappa shape index (κ2) is 4.04. The first-order chi connectivity index (χ1) is 5.74. The Balaban J connectivity index is 2.69. The highest BCUT2D eigenvalue weighted by atomic mass is 16.6. The summed E-state index contributed by atoms with van der Waals surface area (Å²) in [6.45, 7) is 1.79. The lowest BCUT2D eigenvalue weighted by atomic mass is 10.3. The summed E-state index contributed by atoms with van der Waals surface area (Å²) in [5, 5.41) is 17.6. The standard InChI is InChI=1S/C8H12NO3/c1-7-2-3-8(4-9(7)11)5-12-6-10/h2-4,10-11H,5-6H2,1H3/q+1. The zero-order valence-corrected chi connectivity index (χ0v) is 6.90. The molecule has 1 rings (SSSR count). The Hall–Kier alpha value is -1.13. The fraction of sp³-hybridized carbons (Fsp3) is 0.375. The molecule has 2 N–H and O–H groups in total. The summed E-state index contributed by atoms with van der Waals surface area (Å²) in [5.74, 6) is 0. The number of ether oxygens (including phenoxy) is 1. The average Bonchev–Trinajstić information content (AvgIpc) is 2.07.